The molecular formula is C40H34O3. The maximum atomic E-state index is 11.0. The second-order valence-corrected chi connectivity index (χ2v) is 11.2. The van der Waals surface area contributed by atoms with Crippen LogP contribution in [0.3, 0.4) is 0 Å². The molecule has 6 aromatic rings. The second-order valence-electron chi connectivity index (χ2n) is 11.2. The zero-order valence-corrected chi connectivity index (χ0v) is 24.5. The van der Waals surface area contributed by atoms with Gasteiger partial charge < -0.3 is 14.6 Å². The average molecular weight is 563 g/mol. The summed E-state index contributed by atoms with van der Waals surface area (Å²) in [7, 11) is 0. The molecular weight excluding hydrogens is 528 g/mol. The van der Waals surface area contributed by atoms with Gasteiger partial charge in [-0.25, -0.2) is 0 Å². The summed E-state index contributed by atoms with van der Waals surface area (Å²) in [5.74, 6) is 1.06. The van der Waals surface area contributed by atoms with Crippen LogP contribution in [-0.4, -0.2) is 18.0 Å². The van der Waals surface area contributed by atoms with E-state index in [1.165, 1.54) is 27.5 Å². The zero-order chi connectivity index (χ0) is 29.4. The van der Waals surface area contributed by atoms with Gasteiger partial charge in [0.15, 0.2) is 6.29 Å². The van der Waals surface area contributed by atoms with E-state index in [1.807, 2.05) is 44.2 Å². The second kappa shape index (κ2) is 11.1. The van der Waals surface area contributed by atoms with Gasteiger partial charge in [-0.1, -0.05) is 109 Å². The molecule has 0 aromatic heterocycles. The van der Waals surface area contributed by atoms with Gasteiger partial charge in [-0.3, -0.25) is 0 Å². The number of benzene rings is 6. The lowest BCUT2D eigenvalue weighted by atomic mass is 9.68. The first-order valence-corrected chi connectivity index (χ1v) is 15.0. The first-order valence-electron chi connectivity index (χ1n) is 15.0. The van der Waals surface area contributed by atoms with Crippen LogP contribution < -0.4 is 4.74 Å². The summed E-state index contributed by atoms with van der Waals surface area (Å²) in [6, 6.07) is 46.5. The van der Waals surface area contributed by atoms with Crippen molar-refractivity contribution in [2.45, 2.75) is 32.0 Å². The Balaban J connectivity index is 1.49. The molecule has 2 unspecified atom stereocenters. The number of rotatable bonds is 8. The third-order valence-electron chi connectivity index (χ3n) is 8.73. The quantitative estimate of drug-likeness (QED) is 0.188. The fourth-order valence-electron chi connectivity index (χ4n) is 6.82. The van der Waals surface area contributed by atoms with Gasteiger partial charge in [-0.15, -0.1) is 0 Å². The number of hydrogen-bond acceptors (Lipinski definition) is 3. The normalized spacial score (nSPS) is 16.3. The molecule has 1 N–H and O–H groups in total. The van der Waals surface area contributed by atoms with Crippen molar-refractivity contribution in [3.05, 3.63) is 156 Å². The number of phenolic OH excluding ortho intramolecular Hbond substituents is 1. The number of ether oxygens (including phenoxy) is 2. The predicted octanol–water partition coefficient (Wildman–Crippen LogP) is 9.53. The van der Waals surface area contributed by atoms with Crippen LogP contribution in [0.15, 0.2) is 133 Å². The molecule has 1 aliphatic carbocycles. The Bertz CT molecular complexity index is 1910. The zero-order valence-electron chi connectivity index (χ0n) is 24.5. The van der Waals surface area contributed by atoms with E-state index in [9.17, 15) is 5.11 Å². The largest absolute Gasteiger partial charge is 0.507 e. The summed E-state index contributed by atoms with van der Waals surface area (Å²) < 4.78 is 12.1. The van der Waals surface area contributed by atoms with Crippen molar-refractivity contribution < 1.29 is 14.6 Å². The monoisotopic (exact) mass is 562 g/mol. The molecule has 1 aliphatic rings. The lowest BCUT2D eigenvalue weighted by Gasteiger charge is -2.34. The third kappa shape index (κ3) is 4.67. The molecule has 7 rings (SSSR count). The molecule has 6 aromatic carbocycles. The van der Waals surface area contributed by atoms with E-state index < -0.39 is 5.41 Å². The Morgan fingerprint density at radius 2 is 1.33 bits per heavy atom. The molecule has 212 valence electrons. The van der Waals surface area contributed by atoms with E-state index in [0.717, 1.165) is 40.0 Å². The first-order chi connectivity index (χ1) is 21.1. The third-order valence-corrected chi connectivity index (χ3v) is 8.73. The minimum absolute atomic E-state index is 0.275. The highest BCUT2D eigenvalue weighted by atomic mass is 16.7. The standard InChI is InChI=1S/C40H34O3/c1-3-42-27(2)43-38-23-21-33(25-35(38)29-14-8-5-9-15-29)40(26-31-18-10-16-30-17-11-19-36(40)39(30)31)32-20-22-37(41)34(24-32)28-12-6-4-7-13-28/h4-25,27,41H,3,26H2,1-2H3. The molecule has 0 radical (unpaired) electrons. The fourth-order valence-corrected chi connectivity index (χ4v) is 6.82. The van der Waals surface area contributed by atoms with Gasteiger partial charge in [0.1, 0.15) is 11.5 Å². The topological polar surface area (TPSA) is 38.7 Å². The van der Waals surface area contributed by atoms with Crippen molar-refractivity contribution in [3.63, 3.8) is 0 Å². The minimum Gasteiger partial charge on any atom is -0.507 e. The van der Waals surface area contributed by atoms with E-state index >= 15 is 0 Å². The molecule has 0 aliphatic heterocycles. The van der Waals surface area contributed by atoms with Crippen molar-refractivity contribution in [1.82, 2.24) is 0 Å². The lowest BCUT2D eigenvalue weighted by Crippen LogP contribution is -2.29. The molecule has 0 amide bonds. The van der Waals surface area contributed by atoms with Gasteiger partial charge in [0.2, 0.25) is 0 Å². The van der Waals surface area contributed by atoms with Crippen molar-refractivity contribution >= 4 is 10.8 Å². The molecule has 0 spiro atoms. The van der Waals surface area contributed by atoms with E-state index in [2.05, 4.69) is 103 Å². The maximum absolute atomic E-state index is 11.0. The van der Waals surface area contributed by atoms with Crippen molar-refractivity contribution in [1.29, 1.82) is 0 Å². The Kier molecular flexibility index (Phi) is 6.96. The lowest BCUT2D eigenvalue weighted by molar-refractivity contribution is -0.0610. The molecule has 0 bridgehead atoms. The van der Waals surface area contributed by atoms with Crippen LogP contribution in [0.1, 0.15) is 36.1 Å². The Hall–Kier alpha value is -4.86. The molecule has 0 heterocycles. The summed E-state index contributed by atoms with van der Waals surface area (Å²) in [6.07, 6.45) is 0.439. The van der Waals surface area contributed by atoms with Crippen LogP contribution in [0.4, 0.5) is 0 Å². The van der Waals surface area contributed by atoms with Crippen molar-refractivity contribution in [2.75, 3.05) is 6.61 Å². The van der Waals surface area contributed by atoms with Crippen LogP contribution in [0.25, 0.3) is 33.0 Å². The van der Waals surface area contributed by atoms with Gasteiger partial charge in [0.25, 0.3) is 0 Å². The van der Waals surface area contributed by atoms with Crippen LogP contribution in [0, 0.1) is 0 Å². The van der Waals surface area contributed by atoms with Gasteiger partial charge in [0, 0.05) is 23.1 Å². The van der Waals surface area contributed by atoms with E-state index in [-0.39, 0.29) is 12.0 Å². The van der Waals surface area contributed by atoms with Gasteiger partial charge in [0.05, 0.1) is 0 Å². The van der Waals surface area contributed by atoms with Crippen LogP contribution in [0.2, 0.25) is 0 Å². The highest BCUT2D eigenvalue weighted by molar-refractivity contribution is 5.94. The van der Waals surface area contributed by atoms with E-state index in [1.54, 1.807) is 0 Å². The summed E-state index contributed by atoms with van der Waals surface area (Å²) in [5.41, 5.74) is 8.37. The summed E-state index contributed by atoms with van der Waals surface area (Å²) in [5, 5.41) is 13.6. The SMILES string of the molecule is CCOC(C)Oc1ccc(C2(c3ccc(O)c(-c4ccccc4)c3)Cc3cccc4cccc2c34)cc1-c1ccccc1. The first kappa shape index (κ1) is 27.0. The van der Waals surface area contributed by atoms with Crippen molar-refractivity contribution in [2.24, 2.45) is 0 Å². The van der Waals surface area contributed by atoms with Gasteiger partial charge in [-0.2, -0.15) is 0 Å². The van der Waals surface area contributed by atoms with Gasteiger partial charge >= 0.3 is 0 Å². The van der Waals surface area contributed by atoms with E-state index in [0.29, 0.717) is 6.61 Å². The molecule has 0 saturated heterocycles. The predicted molar refractivity (Wildman–Crippen MR) is 175 cm³/mol. The molecule has 0 saturated carbocycles. The van der Waals surface area contributed by atoms with E-state index in [4.69, 9.17) is 9.47 Å². The smallest absolute Gasteiger partial charge is 0.196 e. The molecule has 3 nitrogen and oxygen atoms in total. The Morgan fingerprint density at radius 1 is 0.698 bits per heavy atom. The van der Waals surface area contributed by atoms with Crippen LogP contribution in [-0.2, 0) is 16.6 Å². The number of hydrogen-bond donors (Lipinski definition) is 1. The summed E-state index contributed by atoms with van der Waals surface area (Å²) >= 11 is 0. The highest BCUT2D eigenvalue weighted by Crippen LogP contribution is 2.53. The van der Waals surface area contributed by atoms with Crippen molar-refractivity contribution in [3.8, 4) is 33.8 Å². The van der Waals surface area contributed by atoms with Crippen LogP contribution in [0.5, 0.6) is 11.5 Å². The van der Waals surface area contributed by atoms with Gasteiger partial charge in [-0.05, 0) is 88.7 Å². The maximum Gasteiger partial charge on any atom is 0.196 e. The summed E-state index contributed by atoms with van der Waals surface area (Å²) in [4.78, 5) is 0. The minimum atomic E-state index is -0.478. The molecule has 43 heavy (non-hydrogen) atoms. The molecule has 0 fully saturated rings. The average Bonchev–Trinajstić information content (AvgIpc) is 3.39. The number of phenols is 1. The molecule has 2 atom stereocenters. The fraction of sp³-hybridized carbons (Fsp3) is 0.150. The Labute approximate surface area is 253 Å². The molecule has 3 heteroatoms. The summed E-state index contributed by atoms with van der Waals surface area (Å²) in [6.45, 7) is 4.49. The Morgan fingerprint density at radius 3 is 2.02 bits per heavy atom. The number of aromatic hydroxyl groups is 1. The van der Waals surface area contributed by atoms with Crippen LogP contribution >= 0.6 is 0 Å². The highest BCUT2D eigenvalue weighted by Gasteiger charge is 2.43.